The fourth-order valence-electron chi connectivity index (χ4n) is 3.70. The summed E-state index contributed by atoms with van der Waals surface area (Å²) in [6.07, 6.45) is 9.67. The lowest BCUT2D eigenvalue weighted by Gasteiger charge is -2.27. The molecule has 0 aromatic heterocycles. The van der Waals surface area contributed by atoms with Crippen LogP contribution in [0.15, 0.2) is 30.3 Å². The highest BCUT2D eigenvalue weighted by atomic mass is 16.3. The van der Waals surface area contributed by atoms with Crippen LogP contribution in [0.2, 0.25) is 0 Å². The van der Waals surface area contributed by atoms with Gasteiger partial charge in [0, 0.05) is 19.6 Å². The molecule has 0 atom stereocenters. The highest BCUT2D eigenvalue weighted by molar-refractivity contribution is 5.78. The van der Waals surface area contributed by atoms with Crippen molar-refractivity contribution >= 4 is 11.5 Å². The van der Waals surface area contributed by atoms with Crippen LogP contribution in [0.5, 0.6) is 5.75 Å². The SMILES string of the molecule is O=C(CN1CC=C(c2ccc(O)cc2)CC1)NCC1CCCCC1. The molecule has 1 heterocycles. The smallest absolute Gasteiger partial charge is 0.234 e. The number of phenolic OH excluding ortho intramolecular Hbond substituents is 1. The van der Waals surface area contributed by atoms with Crippen molar-refractivity contribution < 1.29 is 9.90 Å². The molecular formula is C20H28N2O2. The van der Waals surface area contributed by atoms with Crippen molar-refractivity contribution in [3.63, 3.8) is 0 Å². The molecule has 1 saturated carbocycles. The van der Waals surface area contributed by atoms with E-state index in [9.17, 15) is 9.90 Å². The first-order valence-corrected chi connectivity index (χ1v) is 9.18. The van der Waals surface area contributed by atoms with Crippen LogP contribution < -0.4 is 5.32 Å². The molecule has 1 aromatic rings. The Morgan fingerprint density at radius 1 is 1.17 bits per heavy atom. The van der Waals surface area contributed by atoms with Crippen molar-refractivity contribution in [1.29, 1.82) is 0 Å². The lowest BCUT2D eigenvalue weighted by atomic mass is 9.89. The Labute approximate surface area is 144 Å². The van der Waals surface area contributed by atoms with Crippen LogP contribution >= 0.6 is 0 Å². The summed E-state index contributed by atoms with van der Waals surface area (Å²) < 4.78 is 0. The maximum atomic E-state index is 12.1. The number of carbonyl (C=O) groups is 1. The van der Waals surface area contributed by atoms with Gasteiger partial charge in [-0.15, -0.1) is 0 Å². The molecule has 1 aliphatic heterocycles. The van der Waals surface area contributed by atoms with E-state index in [-0.39, 0.29) is 5.91 Å². The van der Waals surface area contributed by atoms with Crippen LogP contribution in [0.3, 0.4) is 0 Å². The first kappa shape index (κ1) is 17.0. The molecule has 0 radical (unpaired) electrons. The number of nitrogens with one attached hydrogen (secondary N) is 1. The van der Waals surface area contributed by atoms with Crippen LogP contribution in [0.4, 0.5) is 0 Å². The molecule has 1 aliphatic carbocycles. The quantitative estimate of drug-likeness (QED) is 0.873. The normalized spacial score (nSPS) is 19.8. The molecular weight excluding hydrogens is 300 g/mol. The summed E-state index contributed by atoms with van der Waals surface area (Å²) in [6, 6.07) is 7.35. The summed E-state index contributed by atoms with van der Waals surface area (Å²) in [7, 11) is 0. The minimum absolute atomic E-state index is 0.155. The van der Waals surface area contributed by atoms with Crippen molar-refractivity contribution in [1.82, 2.24) is 10.2 Å². The predicted molar refractivity (Wildman–Crippen MR) is 96.7 cm³/mol. The van der Waals surface area contributed by atoms with E-state index in [1.54, 1.807) is 12.1 Å². The maximum absolute atomic E-state index is 12.1. The van der Waals surface area contributed by atoms with Crippen molar-refractivity contribution in [2.75, 3.05) is 26.2 Å². The summed E-state index contributed by atoms with van der Waals surface area (Å²) in [4.78, 5) is 14.3. The van der Waals surface area contributed by atoms with Gasteiger partial charge in [-0.25, -0.2) is 0 Å². The van der Waals surface area contributed by atoms with Gasteiger partial charge in [0.05, 0.1) is 6.54 Å². The molecule has 0 spiro atoms. The second kappa shape index (κ2) is 8.34. The van der Waals surface area contributed by atoms with Gasteiger partial charge in [-0.2, -0.15) is 0 Å². The molecule has 130 valence electrons. The van der Waals surface area contributed by atoms with Gasteiger partial charge in [0.15, 0.2) is 0 Å². The molecule has 0 unspecified atom stereocenters. The highest BCUT2D eigenvalue weighted by Gasteiger charge is 2.17. The molecule has 3 rings (SSSR count). The van der Waals surface area contributed by atoms with Crippen molar-refractivity contribution in [2.24, 2.45) is 5.92 Å². The number of aromatic hydroxyl groups is 1. The van der Waals surface area contributed by atoms with E-state index in [4.69, 9.17) is 0 Å². The molecule has 0 saturated heterocycles. The third-order valence-electron chi connectivity index (χ3n) is 5.21. The zero-order valence-corrected chi connectivity index (χ0v) is 14.3. The van der Waals surface area contributed by atoms with Crippen LogP contribution in [0.25, 0.3) is 5.57 Å². The average Bonchev–Trinajstić information content (AvgIpc) is 2.62. The van der Waals surface area contributed by atoms with Crippen molar-refractivity contribution in [3.05, 3.63) is 35.9 Å². The van der Waals surface area contributed by atoms with E-state index in [1.165, 1.54) is 37.7 Å². The largest absolute Gasteiger partial charge is 0.508 e. The predicted octanol–water partition coefficient (Wildman–Crippen LogP) is 3.18. The average molecular weight is 328 g/mol. The first-order valence-electron chi connectivity index (χ1n) is 9.18. The topological polar surface area (TPSA) is 52.6 Å². The molecule has 1 fully saturated rings. The van der Waals surface area contributed by atoms with Gasteiger partial charge in [0.25, 0.3) is 0 Å². The number of amides is 1. The van der Waals surface area contributed by atoms with Gasteiger partial charge >= 0.3 is 0 Å². The van der Waals surface area contributed by atoms with Crippen LogP contribution in [0, 0.1) is 5.92 Å². The van der Waals surface area contributed by atoms with Crippen LogP contribution in [0.1, 0.15) is 44.1 Å². The van der Waals surface area contributed by atoms with E-state index < -0.39 is 0 Å². The highest BCUT2D eigenvalue weighted by Crippen LogP contribution is 2.24. The molecule has 1 aromatic carbocycles. The zero-order valence-electron chi connectivity index (χ0n) is 14.3. The molecule has 2 aliphatic rings. The van der Waals surface area contributed by atoms with Gasteiger partial charge in [0.1, 0.15) is 5.75 Å². The Kier molecular flexibility index (Phi) is 5.91. The second-order valence-corrected chi connectivity index (χ2v) is 7.07. The van der Waals surface area contributed by atoms with E-state index in [2.05, 4.69) is 16.3 Å². The molecule has 4 heteroatoms. The van der Waals surface area contributed by atoms with Crippen LogP contribution in [-0.2, 0) is 4.79 Å². The van der Waals surface area contributed by atoms with Crippen molar-refractivity contribution in [3.8, 4) is 5.75 Å². The third-order valence-corrected chi connectivity index (χ3v) is 5.21. The van der Waals surface area contributed by atoms with Gasteiger partial charge in [-0.1, -0.05) is 37.5 Å². The zero-order chi connectivity index (χ0) is 16.8. The van der Waals surface area contributed by atoms with Gasteiger partial charge in [0.2, 0.25) is 5.91 Å². The lowest BCUT2D eigenvalue weighted by molar-refractivity contribution is -0.122. The number of phenols is 1. The van der Waals surface area contributed by atoms with Crippen molar-refractivity contribution in [2.45, 2.75) is 38.5 Å². The Balaban J connectivity index is 1.42. The molecule has 4 nitrogen and oxygen atoms in total. The first-order chi connectivity index (χ1) is 11.7. The maximum Gasteiger partial charge on any atom is 0.234 e. The standard InChI is InChI=1S/C20H28N2O2/c23-19-8-6-17(7-9-19)18-10-12-22(13-11-18)15-20(24)21-14-16-4-2-1-3-5-16/h6-10,16,23H,1-5,11-15H2,(H,21,24). The van der Waals surface area contributed by atoms with E-state index in [1.807, 2.05) is 12.1 Å². The lowest BCUT2D eigenvalue weighted by Crippen LogP contribution is -2.40. The Morgan fingerprint density at radius 3 is 2.58 bits per heavy atom. The number of nitrogens with zero attached hydrogens (tertiary/aromatic N) is 1. The Morgan fingerprint density at radius 2 is 1.92 bits per heavy atom. The van der Waals surface area contributed by atoms with Gasteiger partial charge < -0.3 is 10.4 Å². The molecule has 0 bridgehead atoms. The third kappa shape index (κ3) is 4.84. The van der Waals surface area contributed by atoms with Gasteiger partial charge in [-0.3, -0.25) is 9.69 Å². The number of benzene rings is 1. The summed E-state index contributed by atoms with van der Waals surface area (Å²) in [5.74, 6) is 1.14. The summed E-state index contributed by atoms with van der Waals surface area (Å²) >= 11 is 0. The molecule has 24 heavy (non-hydrogen) atoms. The minimum Gasteiger partial charge on any atom is -0.508 e. The number of rotatable bonds is 5. The number of hydrogen-bond acceptors (Lipinski definition) is 3. The summed E-state index contributed by atoms with van der Waals surface area (Å²) in [6.45, 7) is 3.06. The summed E-state index contributed by atoms with van der Waals surface area (Å²) in [5, 5.41) is 12.5. The summed E-state index contributed by atoms with van der Waals surface area (Å²) in [5.41, 5.74) is 2.46. The molecule has 2 N–H and O–H groups in total. The monoisotopic (exact) mass is 328 g/mol. The van der Waals surface area contributed by atoms with E-state index in [0.717, 1.165) is 31.6 Å². The fraction of sp³-hybridized carbons (Fsp3) is 0.550. The van der Waals surface area contributed by atoms with E-state index in [0.29, 0.717) is 18.2 Å². The number of carbonyl (C=O) groups excluding carboxylic acids is 1. The van der Waals surface area contributed by atoms with E-state index >= 15 is 0 Å². The van der Waals surface area contributed by atoms with Crippen LogP contribution in [-0.4, -0.2) is 42.1 Å². The van der Waals surface area contributed by atoms with Gasteiger partial charge in [-0.05, 0) is 48.4 Å². The minimum atomic E-state index is 0.155. The Bertz CT molecular complexity index is 574. The Hall–Kier alpha value is -1.81. The molecule has 1 amide bonds. The second-order valence-electron chi connectivity index (χ2n) is 7.07. The fourth-order valence-corrected chi connectivity index (χ4v) is 3.70. The number of hydrogen-bond donors (Lipinski definition) is 2.